The topological polar surface area (TPSA) is 76.1 Å². The monoisotopic (exact) mass is 386 g/mol. The lowest BCUT2D eigenvalue weighted by atomic mass is 10.1. The average Bonchev–Trinajstić information content (AvgIpc) is 3.14. The van der Waals surface area contributed by atoms with Gasteiger partial charge in [0.2, 0.25) is 11.0 Å². The highest BCUT2D eigenvalue weighted by Gasteiger charge is 2.24. The fourth-order valence-electron chi connectivity index (χ4n) is 2.27. The summed E-state index contributed by atoms with van der Waals surface area (Å²) in [7, 11) is 3.39. The molecule has 0 aliphatic heterocycles. The van der Waals surface area contributed by atoms with Crippen LogP contribution in [0, 0.1) is 0 Å². The lowest BCUT2D eigenvalue weighted by molar-refractivity contribution is -0.115. The number of ether oxygens (including phenoxy) is 1. The van der Waals surface area contributed by atoms with Crippen LogP contribution in [0.15, 0.2) is 58.9 Å². The van der Waals surface area contributed by atoms with Crippen molar-refractivity contribution >= 4 is 39.8 Å². The molecule has 0 spiro atoms. The fraction of sp³-hybridized carbons (Fsp3) is 0.167. The Bertz CT molecular complexity index is 870. The summed E-state index contributed by atoms with van der Waals surface area (Å²) in [5, 5.41) is 14.4. The van der Waals surface area contributed by atoms with E-state index < -0.39 is 5.25 Å². The summed E-state index contributed by atoms with van der Waals surface area (Å²) in [4.78, 5) is 13.0. The van der Waals surface area contributed by atoms with Crippen LogP contribution >= 0.6 is 23.1 Å². The van der Waals surface area contributed by atoms with E-state index in [9.17, 15) is 4.79 Å². The molecule has 0 unspecified atom stereocenters. The van der Waals surface area contributed by atoms with E-state index in [0.717, 1.165) is 9.90 Å². The van der Waals surface area contributed by atoms with Crippen LogP contribution in [0.2, 0.25) is 0 Å². The molecule has 1 aromatic heterocycles. The summed E-state index contributed by atoms with van der Waals surface area (Å²) in [6, 6.07) is 16.9. The highest BCUT2D eigenvalue weighted by molar-refractivity contribution is 8.02. The zero-order valence-electron chi connectivity index (χ0n) is 14.3. The second-order valence-corrected chi connectivity index (χ2v) is 7.58. The Hall–Kier alpha value is -2.58. The summed E-state index contributed by atoms with van der Waals surface area (Å²) >= 11 is 2.79. The number of hydrogen-bond donors (Lipinski definition) is 2. The second kappa shape index (κ2) is 8.68. The van der Waals surface area contributed by atoms with Crippen molar-refractivity contribution in [3.05, 3.63) is 60.2 Å². The number of carbonyl (C=O) groups is 1. The predicted octanol–water partition coefficient (Wildman–Crippen LogP) is 4.06. The minimum atomic E-state index is -0.444. The first-order valence-electron chi connectivity index (χ1n) is 7.87. The normalized spacial score (nSPS) is 11.6. The van der Waals surface area contributed by atoms with Crippen LogP contribution in [0.3, 0.4) is 0 Å². The third-order valence-electron chi connectivity index (χ3n) is 3.52. The van der Waals surface area contributed by atoms with Gasteiger partial charge in [0.25, 0.3) is 0 Å². The summed E-state index contributed by atoms with van der Waals surface area (Å²) in [5.74, 6) is 0.560. The van der Waals surface area contributed by atoms with E-state index in [2.05, 4.69) is 20.8 Å². The molecule has 134 valence electrons. The van der Waals surface area contributed by atoms with Crippen LogP contribution in [-0.2, 0) is 4.79 Å². The highest BCUT2D eigenvalue weighted by atomic mass is 32.2. The summed E-state index contributed by atoms with van der Waals surface area (Å²) < 4.78 is 5.94. The molecule has 3 rings (SSSR count). The van der Waals surface area contributed by atoms with Gasteiger partial charge in [-0.3, -0.25) is 4.79 Å². The Kier molecular flexibility index (Phi) is 6.08. The molecule has 0 saturated carbocycles. The highest BCUT2D eigenvalue weighted by Crippen LogP contribution is 2.38. The number of amides is 1. The van der Waals surface area contributed by atoms with E-state index >= 15 is 0 Å². The van der Waals surface area contributed by atoms with Gasteiger partial charge in [-0.15, -0.1) is 10.2 Å². The maximum absolute atomic E-state index is 13.0. The third-order valence-corrected chi connectivity index (χ3v) is 5.80. The number of aromatic nitrogens is 2. The van der Waals surface area contributed by atoms with Gasteiger partial charge < -0.3 is 15.4 Å². The van der Waals surface area contributed by atoms with Crippen LogP contribution in [-0.4, -0.2) is 30.3 Å². The zero-order valence-corrected chi connectivity index (χ0v) is 15.9. The second-order valence-electron chi connectivity index (χ2n) is 5.25. The summed E-state index contributed by atoms with van der Waals surface area (Å²) in [6.45, 7) is 0. The number of nitrogens with zero attached hydrogens (tertiary/aromatic N) is 2. The number of thioether (sulfide) groups is 1. The molecule has 0 aliphatic rings. The third kappa shape index (κ3) is 4.53. The van der Waals surface area contributed by atoms with E-state index in [-0.39, 0.29) is 5.91 Å². The molecule has 26 heavy (non-hydrogen) atoms. The van der Waals surface area contributed by atoms with Gasteiger partial charge in [-0.2, -0.15) is 0 Å². The standard InChI is InChI=1S/C18H18N4O2S2/c1-19-17-21-22-18(26-17)25-15(12-7-4-3-5-8-12)16(23)20-13-9-6-10-14(11-13)24-2/h3-11,15H,1-2H3,(H,19,21)(H,20,23)/t15-/m0/s1. The number of benzene rings is 2. The largest absolute Gasteiger partial charge is 0.497 e. The first-order chi connectivity index (χ1) is 12.7. The quantitative estimate of drug-likeness (QED) is 0.597. The molecule has 6 nitrogen and oxygen atoms in total. The summed E-state index contributed by atoms with van der Waals surface area (Å²) in [6.07, 6.45) is 0. The van der Waals surface area contributed by atoms with Crippen molar-refractivity contribution in [1.82, 2.24) is 10.2 Å². The Morgan fingerprint density at radius 1 is 1.15 bits per heavy atom. The molecular formula is C18H18N4O2S2. The molecule has 1 atom stereocenters. The Morgan fingerprint density at radius 3 is 2.65 bits per heavy atom. The molecule has 8 heteroatoms. The number of carbonyl (C=O) groups excluding carboxylic acids is 1. The number of nitrogens with one attached hydrogen (secondary N) is 2. The van der Waals surface area contributed by atoms with E-state index in [1.165, 1.54) is 23.1 Å². The van der Waals surface area contributed by atoms with Crippen molar-refractivity contribution in [3.8, 4) is 5.75 Å². The number of methoxy groups -OCH3 is 1. The van der Waals surface area contributed by atoms with Gasteiger partial charge >= 0.3 is 0 Å². The first-order valence-corrected chi connectivity index (χ1v) is 9.57. The predicted molar refractivity (Wildman–Crippen MR) is 106 cm³/mol. The van der Waals surface area contributed by atoms with Crippen molar-refractivity contribution in [2.75, 3.05) is 24.8 Å². The molecule has 0 fully saturated rings. The number of anilines is 2. The minimum Gasteiger partial charge on any atom is -0.497 e. The van der Waals surface area contributed by atoms with Crippen molar-refractivity contribution in [3.63, 3.8) is 0 Å². The molecule has 0 aliphatic carbocycles. The Balaban J connectivity index is 1.83. The van der Waals surface area contributed by atoms with Gasteiger partial charge in [0, 0.05) is 18.8 Å². The van der Waals surface area contributed by atoms with Crippen molar-refractivity contribution in [1.29, 1.82) is 0 Å². The molecule has 3 aromatic rings. The van der Waals surface area contributed by atoms with Gasteiger partial charge in [-0.25, -0.2) is 0 Å². The van der Waals surface area contributed by atoms with Gasteiger partial charge in [-0.1, -0.05) is 59.5 Å². The smallest absolute Gasteiger partial charge is 0.242 e. The zero-order chi connectivity index (χ0) is 18.4. The average molecular weight is 387 g/mol. The lowest BCUT2D eigenvalue weighted by Gasteiger charge is -2.16. The van der Waals surface area contributed by atoms with Gasteiger partial charge in [0.15, 0.2) is 4.34 Å². The van der Waals surface area contributed by atoms with Crippen LogP contribution in [0.5, 0.6) is 5.75 Å². The van der Waals surface area contributed by atoms with E-state index in [1.54, 1.807) is 20.2 Å². The van der Waals surface area contributed by atoms with Crippen molar-refractivity contribution in [2.24, 2.45) is 0 Å². The van der Waals surface area contributed by atoms with Crippen molar-refractivity contribution < 1.29 is 9.53 Å². The first kappa shape index (κ1) is 18.2. The molecule has 2 aromatic carbocycles. The van der Waals surface area contributed by atoms with Gasteiger partial charge in [-0.05, 0) is 17.7 Å². The van der Waals surface area contributed by atoms with Crippen molar-refractivity contribution in [2.45, 2.75) is 9.59 Å². The fourth-order valence-corrected chi connectivity index (χ4v) is 4.17. The SMILES string of the molecule is CNc1nnc(S[C@H](C(=O)Nc2cccc(OC)c2)c2ccccc2)s1. The van der Waals surface area contributed by atoms with Gasteiger partial charge in [0.1, 0.15) is 11.0 Å². The van der Waals surface area contributed by atoms with Gasteiger partial charge in [0.05, 0.1) is 7.11 Å². The van der Waals surface area contributed by atoms with Crippen LogP contribution in [0.4, 0.5) is 10.8 Å². The van der Waals surface area contributed by atoms with E-state index in [4.69, 9.17) is 4.74 Å². The Labute approximate surface area is 160 Å². The Morgan fingerprint density at radius 2 is 1.96 bits per heavy atom. The molecular weight excluding hydrogens is 368 g/mol. The number of hydrogen-bond acceptors (Lipinski definition) is 7. The molecule has 0 radical (unpaired) electrons. The maximum Gasteiger partial charge on any atom is 0.242 e. The molecule has 2 N–H and O–H groups in total. The number of rotatable bonds is 7. The molecule has 1 heterocycles. The van der Waals surface area contributed by atoms with Crippen LogP contribution < -0.4 is 15.4 Å². The van der Waals surface area contributed by atoms with Crippen LogP contribution in [0.25, 0.3) is 0 Å². The van der Waals surface area contributed by atoms with E-state index in [0.29, 0.717) is 16.6 Å². The minimum absolute atomic E-state index is 0.129. The molecule has 0 bridgehead atoms. The maximum atomic E-state index is 13.0. The van der Waals surface area contributed by atoms with E-state index in [1.807, 2.05) is 48.5 Å². The molecule has 0 saturated heterocycles. The summed E-state index contributed by atoms with van der Waals surface area (Å²) in [5.41, 5.74) is 1.59. The molecule has 1 amide bonds. The lowest BCUT2D eigenvalue weighted by Crippen LogP contribution is -2.19. The van der Waals surface area contributed by atoms with Crippen LogP contribution in [0.1, 0.15) is 10.8 Å².